The topological polar surface area (TPSA) is 48.5 Å². The van der Waals surface area contributed by atoms with E-state index in [2.05, 4.69) is 44.4 Å². The van der Waals surface area contributed by atoms with Crippen LogP contribution in [0, 0.1) is 0 Å². The maximum absolute atomic E-state index is 12.6. The van der Waals surface area contributed by atoms with E-state index in [1.165, 1.54) is 5.69 Å². The van der Waals surface area contributed by atoms with Crippen molar-refractivity contribution in [1.82, 2.24) is 4.98 Å². The number of carbonyl (C=O) groups excluding carboxylic acids is 1. The van der Waals surface area contributed by atoms with E-state index in [1.54, 1.807) is 30.5 Å². The molecule has 1 aliphatic rings. The van der Waals surface area contributed by atoms with E-state index < -0.39 is 0 Å². The Morgan fingerprint density at radius 3 is 2.18 bits per heavy atom. The van der Waals surface area contributed by atoms with E-state index in [0.717, 1.165) is 31.9 Å². The minimum absolute atomic E-state index is 0.181. The van der Waals surface area contributed by atoms with Gasteiger partial charge in [-0.15, -0.1) is 0 Å². The van der Waals surface area contributed by atoms with Crippen LogP contribution in [0.1, 0.15) is 10.4 Å². The highest BCUT2D eigenvalue weighted by Gasteiger charge is 2.18. The fraction of sp³-hybridized carbons (Fsp3) is 0.182. The van der Waals surface area contributed by atoms with Crippen molar-refractivity contribution in [3.8, 4) is 0 Å². The van der Waals surface area contributed by atoms with Crippen molar-refractivity contribution in [2.75, 3.05) is 41.3 Å². The van der Waals surface area contributed by atoms with Gasteiger partial charge in [-0.25, -0.2) is 0 Å². The van der Waals surface area contributed by atoms with Crippen LogP contribution in [0.4, 0.5) is 17.1 Å². The van der Waals surface area contributed by atoms with Gasteiger partial charge in [0.1, 0.15) is 0 Å². The Balaban J connectivity index is 1.41. The summed E-state index contributed by atoms with van der Waals surface area (Å²) in [6.45, 7) is 3.65. The number of aromatic nitrogens is 1. The quantitative estimate of drug-likeness (QED) is 0.718. The van der Waals surface area contributed by atoms with Gasteiger partial charge >= 0.3 is 0 Å². The van der Waals surface area contributed by atoms with Crippen molar-refractivity contribution >= 4 is 34.6 Å². The molecule has 142 valence electrons. The number of para-hydroxylation sites is 1. The summed E-state index contributed by atoms with van der Waals surface area (Å²) in [6, 6.07) is 19.4. The molecule has 0 radical (unpaired) electrons. The van der Waals surface area contributed by atoms with Gasteiger partial charge in [0.05, 0.1) is 17.4 Å². The summed E-state index contributed by atoms with van der Waals surface area (Å²) in [5.41, 5.74) is 3.46. The van der Waals surface area contributed by atoms with E-state index in [0.29, 0.717) is 16.3 Å². The molecule has 0 atom stereocenters. The number of hydrogen-bond donors (Lipinski definition) is 1. The normalized spacial score (nSPS) is 14.0. The second-order valence-electron chi connectivity index (χ2n) is 6.70. The molecule has 28 heavy (non-hydrogen) atoms. The Hall–Kier alpha value is -3.05. The van der Waals surface area contributed by atoms with Crippen LogP contribution in [0.25, 0.3) is 0 Å². The lowest BCUT2D eigenvalue weighted by Gasteiger charge is -2.37. The van der Waals surface area contributed by atoms with Crippen LogP contribution >= 0.6 is 11.6 Å². The standard InChI is InChI=1S/C22H21ClN4O/c23-18-6-8-19(9-7-18)25-22(28)17-14-21(16-24-15-17)27-12-10-26(11-13-27)20-4-2-1-3-5-20/h1-9,14-16H,10-13H2,(H,25,28). The Morgan fingerprint density at radius 1 is 0.857 bits per heavy atom. The number of nitrogens with one attached hydrogen (secondary N) is 1. The largest absolute Gasteiger partial charge is 0.368 e. The van der Waals surface area contributed by atoms with E-state index in [1.807, 2.05) is 18.3 Å². The van der Waals surface area contributed by atoms with Crippen molar-refractivity contribution in [2.24, 2.45) is 0 Å². The lowest BCUT2D eigenvalue weighted by molar-refractivity contribution is 0.102. The maximum Gasteiger partial charge on any atom is 0.257 e. The third kappa shape index (κ3) is 4.26. The van der Waals surface area contributed by atoms with E-state index in [4.69, 9.17) is 11.6 Å². The third-order valence-corrected chi connectivity index (χ3v) is 5.11. The van der Waals surface area contributed by atoms with Gasteiger partial charge in [0.25, 0.3) is 5.91 Å². The van der Waals surface area contributed by atoms with E-state index >= 15 is 0 Å². The first-order valence-corrected chi connectivity index (χ1v) is 9.64. The van der Waals surface area contributed by atoms with Crippen molar-refractivity contribution < 1.29 is 4.79 Å². The molecule has 1 aromatic heterocycles. The van der Waals surface area contributed by atoms with Gasteiger partial charge in [-0.1, -0.05) is 29.8 Å². The molecule has 1 aliphatic heterocycles. The zero-order valence-electron chi connectivity index (χ0n) is 15.4. The van der Waals surface area contributed by atoms with Crippen molar-refractivity contribution in [2.45, 2.75) is 0 Å². The number of pyridine rings is 1. The second-order valence-corrected chi connectivity index (χ2v) is 7.14. The summed E-state index contributed by atoms with van der Waals surface area (Å²) >= 11 is 5.89. The van der Waals surface area contributed by atoms with Crippen LogP contribution in [0.5, 0.6) is 0 Å². The maximum atomic E-state index is 12.6. The number of benzene rings is 2. The fourth-order valence-electron chi connectivity index (χ4n) is 3.32. The summed E-state index contributed by atoms with van der Waals surface area (Å²) in [5, 5.41) is 3.52. The summed E-state index contributed by atoms with van der Waals surface area (Å²) in [5.74, 6) is -0.181. The molecular weight excluding hydrogens is 372 g/mol. The molecule has 0 aliphatic carbocycles. The van der Waals surface area contributed by atoms with Crippen molar-refractivity contribution in [1.29, 1.82) is 0 Å². The molecular formula is C22H21ClN4O. The van der Waals surface area contributed by atoms with Crippen LogP contribution in [0.3, 0.4) is 0 Å². The van der Waals surface area contributed by atoms with Gasteiger partial charge < -0.3 is 15.1 Å². The van der Waals surface area contributed by atoms with Crippen LogP contribution in [0.15, 0.2) is 73.1 Å². The van der Waals surface area contributed by atoms with Crippen molar-refractivity contribution in [3.05, 3.63) is 83.6 Å². The lowest BCUT2D eigenvalue weighted by atomic mass is 10.2. The summed E-state index contributed by atoms with van der Waals surface area (Å²) in [6.07, 6.45) is 3.41. The Morgan fingerprint density at radius 2 is 1.50 bits per heavy atom. The van der Waals surface area contributed by atoms with Gasteiger partial charge in [-0.05, 0) is 42.5 Å². The van der Waals surface area contributed by atoms with E-state index in [-0.39, 0.29) is 5.91 Å². The van der Waals surface area contributed by atoms with Gasteiger partial charge in [-0.3, -0.25) is 9.78 Å². The summed E-state index contributed by atoms with van der Waals surface area (Å²) in [7, 11) is 0. The highest BCUT2D eigenvalue weighted by atomic mass is 35.5. The first-order chi connectivity index (χ1) is 13.7. The van der Waals surface area contributed by atoms with Crippen LogP contribution in [-0.4, -0.2) is 37.1 Å². The molecule has 1 saturated heterocycles. The van der Waals surface area contributed by atoms with Crippen LogP contribution in [-0.2, 0) is 0 Å². The number of anilines is 3. The molecule has 0 bridgehead atoms. The molecule has 0 unspecified atom stereocenters. The molecule has 1 fully saturated rings. The Labute approximate surface area is 169 Å². The number of hydrogen-bond acceptors (Lipinski definition) is 4. The monoisotopic (exact) mass is 392 g/mol. The van der Waals surface area contributed by atoms with Gasteiger partial charge in [0.15, 0.2) is 0 Å². The average molecular weight is 393 g/mol. The van der Waals surface area contributed by atoms with Gasteiger partial charge in [0.2, 0.25) is 0 Å². The Bertz CT molecular complexity index is 938. The number of amides is 1. The number of rotatable bonds is 4. The number of carbonyl (C=O) groups is 1. The minimum atomic E-state index is -0.181. The second kappa shape index (κ2) is 8.31. The Kier molecular flexibility index (Phi) is 5.44. The molecule has 5 nitrogen and oxygen atoms in total. The SMILES string of the molecule is O=C(Nc1ccc(Cl)cc1)c1cncc(N2CCN(c3ccccc3)CC2)c1. The zero-order valence-corrected chi connectivity index (χ0v) is 16.1. The number of halogens is 1. The molecule has 1 amide bonds. The minimum Gasteiger partial charge on any atom is -0.368 e. The predicted molar refractivity (Wildman–Crippen MR) is 115 cm³/mol. The van der Waals surface area contributed by atoms with Gasteiger partial charge in [-0.2, -0.15) is 0 Å². The highest BCUT2D eigenvalue weighted by molar-refractivity contribution is 6.30. The molecule has 3 aromatic rings. The molecule has 2 heterocycles. The first-order valence-electron chi connectivity index (χ1n) is 9.26. The highest BCUT2D eigenvalue weighted by Crippen LogP contribution is 2.21. The smallest absolute Gasteiger partial charge is 0.257 e. The van der Waals surface area contributed by atoms with Gasteiger partial charge in [0, 0.05) is 48.8 Å². The fourth-order valence-corrected chi connectivity index (χ4v) is 3.45. The summed E-state index contributed by atoms with van der Waals surface area (Å²) < 4.78 is 0. The predicted octanol–water partition coefficient (Wildman–Crippen LogP) is 4.31. The molecule has 4 rings (SSSR count). The summed E-state index contributed by atoms with van der Waals surface area (Å²) in [4.78, 5) is 21.5. The van der Waals surface area contributed by atoms with Crippen LogP contribution < -0.4 is 15.1 Å². The number of nitrogens with zero attached hydrogens (tertiary/aromatic N) is 3. The first kappa shape index (κ1) is 18.3. The van der Waals surface area contributed by atoms with Crippen LogP contribution in [0.2, 0.25) is 5.02 Å². The molecule has 6 heteroatoms. The zero-order chi connectivity index (χ0) is 19.3. The number of piperazine rings is 1. The average Bonchev–Trinajstić information content (AvgIpc) is 2.76. The molecule has 0 spiro atoms. The van der Waals surface area contributed by atoms with E-state index in [9.17, 15) is 4.79 Å². The third-order valence-electron chi connectivity index (χ3n) is 4.85. The molecule has 1 N–H and O–H groups in total. The van der Waals surface area contributed by atoms with Crippen molar-refractivity contribution in [3.63, 3.8) is 0 Å². The molecule has 0 saturated carbocycles. The molecule has 2 aromatic carbocycles. The lowest BCUT2D eigenvalue weighted by Crippen LogP contribution is -2.46.